The first-order valence-electron chi connectivity index (χ1n) is 7.11. The van der Waals surface area contributed by atoms with Gasteiger partial charge in [-0.3, -0.25) is 9.78 Å². The van der Waals surface area contributed by atoms with E-state index in [1.54, 1.807) is 24.6 Å². The minimum atomic E-state index is -0.0177. The third kappa shape index (κ3) is 1.83. The second kappa shape index (κ2) is 4.81. The van der Waals surface area contributed by atoms with Crippen molar-refractivity contribution in [3.05, 3.63) is 76.8 Å². The molecule has 2 aromatic heterocycles. The fourth-order valence-electron chi connectivity index (χ4n) is 2.81. The first kappa shape index (κ1) is 12.8. The highest BCUT2D eigenvalue weighted by Crippen LogP contribution is 2.28. The van der Waals surface area contributed by atoms with E-state index in [9.17, 15) is 4.79 Å². The van der Waals surface area contributed by atoms with Gasteiger partial charge in [-0.2, -0.15) is 0 Å². The van der Waals surface area contributed by atoms with Crippen LogP contribution in [0, 0.1) is 6.92 Å². The number of aromatic nitrogens is 1. The summed E-state index contributed by atoms with van der Waals surface area (Å²) in [5.74, 6) is 0. The zero-order valence-electron chi connectivity index (χ0n) is 12.0. The summed E-state index contributed by atoms with van der Waals surface area (Å²) in [6.45, 7) is 2.02. The van der Waals surface area contributed by atoms with Crippen LogP contribution < -0.4 is 5.43 Å². The Labute approximate surface area is 126 Å². The fourth-order valence-corrected chi connectivity index (χ4v) is 2.81. The molecule has 0 radical (unpaired) electrons. The van der Waals surface area contributed by atoms with E-state index >= 15 is 0 Å². The summed E-state index contributed by atoms with van der Waals surface area (Å²) in [5.41, 5.74) is 4.00. The monoisotopic (exact) mass is 287 g/mol. The number of benzene rings is 2. The largest absolute Gasteiger partial charge is 0.463 e. The molecule has 0 N–H and O–H groups in total. The van der Waals surface area contributed by atoms with Crippen molar-refractivity contribution in [1.82, 2.24) is 4.98 Å². The average Bonchev–Trinajstić information content (AvgIpc) is 2.57. The quantitative estimate of drug-likeness (QED) is 0.523. The van der Waals surface area contributed by atoms with Crippen molar-refractivity contribution in [3.8, 4) is 11.1 Å². The highest BCUT2D eigenvalue weighted by atomic mass is 16.3. The average molecular weight is 287 g/mol. The molecule has 22 heavy (non-hydrogen) atoms. The molecule has 0 atom stereocenters. The van der Waals surface area contributed by atoms with E-state index in [2.05, 4.69) is 4.98 Å². The Balaban J connectivity index is 2.10. The Kier molecular flexibility index (Phi) is 2.79. The van der Waals surface area contributed by atoms with Gasteiger partial charge in [0.25, 0.3) is 0 Å². The SMILES string of the molecule is Cc1ccc(-c2coc3ccccc3c2=O)c2cccnc12. The van der Waals surface area contributed by atoms with E-state index in [4.69, 9.17) is 4.42 Å². The molecule has 0 spiro atoms. The lowest BCUT2D eigenvalue weighted by Gasteiger charge is -2.08. The summed E-state index contributed by atoms with van der Waals surface area (Å²) in [7, 11) is 0. The number of aryl methyl sites for hydroxylation is 1. The second-order valence-electron chi connectivity index (χ2n) is 5.30. The standard InChI is InChI=1S/C19H13NO2/c1-12-8-9-13(14-6-4-10-20-18(12)14)16-11-22-17-7-3-2-5-15(17)19(16)21/h2-11H,1H3. The number of pyridine rings is 1. The van der Waals surface area contributed by atoms with Gasteiger partial charge < -0.3 is 4.42 Å². The third-order valence-corrected chi connectivity index (χ3v) is 3.94. The molecule has 0 aliphatic carbocycles. The van der Waals surface area contributed by atoms with Crippen molar-refractivity contribution >= 4 is 21.9 Å². The van der Waals surface area contributed by atoms with Gasteiger partial charge >= 0.3 is 0 Å². The fraction of sp³-hybridized carbons (Fsp3) is 0.0526. The summed E-state index contributed by atoms with van der Waals surface area (Å²) >= 11 is 0. The lowest BCUT2D eigenvalue weighted by atomic mass is 9.98. The zero-order valence-corrected chi connectivity index (χ0v) is 12.0. The van der Waals surface area contributed by atoms with Crippen LogP contribution in [0.3, 0.4) is 0 Å². The molecule has 0 bridgehead atoms. The smallest absolute Gasteiger partial charge is 0.200 e. The molecule has 2 heterocycles. The Morgan fingerprint density at radius 1 is 0.909 bits per heavy atom. The van der Waals surface area contributed by atoms with Gasteiger partial charge in [0, 0.05) is 11.6 Å². The summed E-state index contributed by atoms with van der Waals surface area (Å²) in [5, 5.41) is 1.56. The van der Waals surface area contributed by atoms with Crippen LogP contribution in [0.2, 0.25) is 0 Å². The summed E-state index contributed by atoms with van der Waals surface area (Å²) in [6.07, 6.45) is 3.31. The van der Waals surface area contributed by atoms with Gasteiger partial charge in [0.15, 0.2) is 0 Å². The molecule has 0 fully saturated rings. The number of para-hydroxylation sites is 1. The van der Waals surface area contributed by atoms with Crippen LogP contribution in [0.25, 0.3) is 33.0 Å². The molecule has 3 heteroatoms. The van der Waals surface area contributed by atoms with Crippen LogP contribution in [0.15, 0.2) is 70.2 Å². The van der Waals surface area contributed by atoms with Gasteiger partial charge in [-0.1, -0.05) is 30.3 Å². The number of fused-ring (bicyclic) bond motifs is 2. The van der Waals surface area contributed by atoms with E-state index in [0.717, 1.165) is 22.0 Å². The van der Waals surface area contributed by atoms with Crippen LogP contribution in [0.4, 0.5) is 0 Å². The normalized spacial score (nSPS) is 11.1. The first-order valence-corrected chi connectivity index (χ1v) is 7.11. The molecule has 0 saturated carbocycles. The zero-order chi connectivity index (χ0) is 15.1. The van der Waals surface area contributed by atoms with Crippen LogP contribution in [0.1, 0.15) is 5.56 Å². The first-order chi connectivity index (χ1) is 10.8. The van der Waals surface area contributed by atoms with Crippen molar-refractivity contribution in [3.63, 3.8) is 0 Å². The van der Waals surface area contributed by atoms with Crippen LogP contribution in [-0.2, 0) is 0 Å². The predicted octanol–water partition coefficient (Wildman–Crippen LogP) is 4.32. The minimum Gasteiger partial charge on any atom is -0.463 e. The Morgan fingerprint density at radius 3 is 2.64 bits per heavy atom. The van der Waals surface area contributed by atoms with Gasteiger partial charge in [0.05, 0.1) is 16.5 Å². The predicted molar refractivity (Wildman–Crippen MR) is 88.0 cm³/mol. The highest BCUT2D eigenvalue weighted by Gasteiger charge is 2.12. The van der Waals surface area contributed by atoms with Crippen molar-refractivity contribution in [2.75, 3.05) is 0 Å². The molecule has 0 unspecified atom stereocenters. The molecular weight excluding hydrogens is 274 g/mol. The second-order valence-corrected chi connectivity index (χ2v) is 5.30. The van der Waals surface area contributed by atoms with Crippen molar-refractivity contribution in [1.29, 1.82) is 0 Å². The minimum absolute atomic E-state index is 0.0177. The lowest BCUT2D eigenvalue weighted by molar-refractivity contribution is 0.604. The Morgan fingerprint density at radius 2 is 1.73 bits per heavy atom. The van der Waals surface area contributed by atoms with E-state index < -0.39 is 0 Å². The van der Waals surface area contributed by atoms with Gasteiger partial charge in [-0.25, -0.2) is 0 Å². The molecule has 0 saturated heterocycles. The number of rotatable bonds is 1. The number of hydrogen-bond donors (Lipinski definition) is 0. The van der Waals surface area contributed by atoms with Crippen LogP contribution >= 0.6 is 0 Å². The Bertz CT molecular complexity index is 1060. The molecule has 4 aromatic rings. The molecule has 0 aliphatic rings. The van der Waals surface area contributed by atoms with Crippen molar-refractivity contribution in [2.24, 2.45) is 0 Å². The van der Waals surface area contributed by atoms with Gasteiger partial charge in [0.2, 0.25) is 5.43 Å². The molecule has 3 nitrogen and oxygen atoms in total. The Hall–Kier alpha value is -2.94. The topological polar surface area (TPSA) is 43.1 Å². The third-order valence-electron chi connectivity index (χ3n) is 3.94. The summed E-state index contributed by atoms with van der Waals surface area (Å²) in [6, 6.07) is 15.1. The van der Waals surface area contributed by atoms with Gasteiger partial charge in [-0.15, -0.1) is 0 Å². The van der Waals surface area contributed by atoms with Crippen LogP contribution in [0.5, 0.6) is 0 Å². The number of hydrogen-bond acceptors (Lipinski definition) is 3. The van der Waals surface area contributed by atoms with Gasteiger partial charge in [0.1, 0.15) is 11.8 Å². The van der Waals surface area contributed by atoms with E-state index in [-0.39, 0.29) is 5.43 Å². The molecule has 0 aliphatic heterocycles. The molecule has 0 amide bonds. The molecule has 106 valence electrons. The molecule has 4 rings (SSSR count). The molecule has 2 aromatic carbocycles. The molecular formula is C19H13NO2. The summed E-state index contributed by atoms with van der Waals surface area (Å²) < 4.78 is 5.64. The van der Waals surface area contributed by atoms with Crippen molar-refractivity contribution in [2.45, 2.75) is 6.92 Å². The summed E-state index contributed by atoms with van der Waals surface area (Å²) in [4.78, 5) is 17.2. The maximum Gasteiger partial charge on any atom is 0.200 e. The lowest BCUT2D eigenvalue weighted by Crippen LogP contribution is -2.05. The van der Waals surface area contributed by atoms with Crippen LogP contribution in [-0.4, -0.2) is 4.98 Å². The van der Waals surface area contributed by atoms with E-state index in [1.807, 2.05) is 43.3 Å². The van der Waals surface area contributed by atoms with Crippen molar-refractivity contribution < 1.29 is 4.42 Å². The maximum atomic E-state index is 12.8. The van der Waals surface area contributed by atoms with Gasteiger partial charge in [-0.05, 0) is 36.2 Å². The van der Waals surface area contributed by atoms with E-state index in [0.29, 0.717) is 16.5 Å². The highest BCUT2D eigenvalue weighted by molar-refractivity contribution is 5.97. The van der Waals surface area contributed by atoms with E-state index in [1.165, 1.54) is 0 Å². The maximum absolute atomic E-state index is 12.8. The number of nitrogens with zero attached hydrogens (tertiary/aromatic N) is 1.